The summed E-state index contributed by atoms with van der Waals surface area (Å²) in [6, 6.07) is 0. The summed E-state index contributed by atoms with van der Waals surface area (Å²) in [7, 11) is 5.18. The van der Waals surface area contributed by atoms with E-state index in [1.165, 1.54) is 9.47 Å². The lowest BCUT2D eigenvalue weighted by molar-refractivity contribution is -0.127. The number of aromatic nitrogens is 2. The lowest BCUT2D eigenvalue weighted by atomic mass is 10.3. The molecule has 1 saturated heterocycles. The van der Waals surface area contributed by atoms with E-state index in [0.29, 0.717) is 32.0 Å². The van der Waals surface area contributed by atoms with Gasteiger partial charge >= 0.3 is 0 Å². The van der Waals surface area contributed by atoms with Crippen molar-refractivity contribution in [2.24, 2.45) is 12.0 Å². The van der Waals surface area contributed by atoms with Gasteiger partial charge in [0, 0.05) is 66.3 Å². The molecule has 1 aromatic heterocycles. The molecule has 0 aliphatic carbocycles. The maximum atomic E-state index is 12.2. The summed E-state index contributed by atoms with van der Waals surface area (Å²) in [5.41, 5.74) is -0.0875. The number of hydrogen-bond acceptors (Lipinski definition) is 5. The molecule has 0 spiro atoms. The lowest BCUT2D eigenvalue weighted by Crippen LogP contribution is -2.54. The van der Waals surface area contributed by atoms with Crippen LogP contribution in [0.15, 0.2) is 22.2 Å². The molecule has 0 radical (unpaired) electrons. The smallest absolute Gasteiger partial charge is 0.293 e. The zero-order valence-electron chi connectivity index (χ0n) is 16.1. The van der Waals surface area contributed by atoms with E-state index in [2.05, 4.69) is 27.1 Å². The minimum atomic E-state index is -0.0875. The molecule has 26 heavy (non-hydrogen) atoms. The number of aryl methyl sites for hydroxylation is 1. The number of guanidine groups is 1. The maximum absolute atomic E-state index is 12.2. The van der Waals surface area contributed by atoms with Crippen LogP contribution in [-0.4, -0.2) is 84.6 Å². The summed E-state index contributed by atoms with van der Waals surface area (Å²) < 4.78 is 1.54. The molecule has 2 rings (SSSR count). The van der Waals surface area contributed by atoms with E-state index in [9.17, 15) is 9.59 Å². The Labute approximate surface area is 154 Å². The minimum absolute atomic E-state index is 0.0311. The fraction of sp³-hybridized carbons (Fsp3) is 0.647. The van der Waals surface area contributed by atoms with Crippen molar-refractivity contribution in [1.29, 1.82) is 0 Å². The number of piperazine rings is 1. The van der Waals surface area contributed by atoms with Crippen LogP contribution in [0.3, 0.4) is 0 Å². The van der Waals surface area contributed by atoms with E-state index in [4.69, 9.17) is 0 Å². The van der Waals surface area contributed by atoms with Gasteiger partial charge in [0.05, 0.1) is 0 Å². The van der Waals surface area contributed by atoms with Gasteiger partial charge in [-0.25, -0.2) is 9.98 Å². The summed E-state index contributed by atoms with van der Waals surface area (Å²) in [5, 5.41) is 3.31. The second-order valence-corrected chi connectivity index (χ2v) is 6.50. The number of carbonyl (C=O) groups is 1. The summed E-state index contributed by atoms with van der Waals surface area (Å²) >= 11 is 0. The maximum Gasteiger partial charge on any atom is 0.293 e. The number of aliphatic imine (C=N–C) groups is 1. The van der Waals surface area contributed by atoms with Crippen LogP contribution in [0.5, 0.6) is 0 Å². The van der Waals surface area contributed by atoms with Crippen LogP contribution in [0.4, 0.5) is 5.82 Å². The fourth-order valence-electron chi connectivity index (χ4n) is 2.62. The van der Waals surface area contributed by atoms with Gasteiger partial charge in [0.2, 0.25) is 5.91 Å². The highest BCUT2D eigenvalue weighted by Gasteiger charge is 2.22. The highest BCUT2D eigenvalue weighted by atomic mass is 16.2. The zero-order valence-corrected chi connectivity index (χ0v) is 16.1. The largest absolute Gasteiger partial charge is 0.356 e. The highest BCUT2D eigenvalue weighted by molar-refractivity contribution is 5.85. The first kappa shape index (κ1) is 19.7. The van der Waals surface area contributed by atoms with E-state index < -0.39 is 0 Å². The zero-order chi connectivity index (χ0) is 19.1. The molecule has 1 amide bonds. The van der Waals surface area contributed by atoms with Gasteiger partial charge in [-0.15, -0.1) is 0 Å². The second-order valence-electron chi connectivity index (χ2n) is 6.50. The van der Waals surface area contributed by atoms with Gasteiger partial charge in [0.15, 0.2) is 11.8 Å². The fourth-order valence-corrected chi connectivity index (χ4v) is 2.62. The molecule has 1 aromatic rings. The average molecular weight is 363 g/mol. The topological polar surface area (TPSA) is 86.1 Å². The molecular formula is C17H29N7O2. The Hall–Kier alpha value is -2.58. The molecule has 9 nitrogen and oxygen atoms in total. The molecule has 0 bridgehead atoms. The van der Waals surface area contributed by atoms with Gasteiger partial charge in [0.1, 0.15) is 6.54 Å². The van der Waals surface area contributed by atoms with E-state index >= 15 is 0 Å². The molecule has 0 aromatic carbocycles. The number of nitrogens with one attached hydrogen (secondary N) is 1. The molecule has 9 heteroatoms. The van der Waals surface area contributed by atoms with Gasteiger partial charge in [-0.05, 0) is 6.42 Å². The normalized spacial score (nSPS) is 15.2. The number of anilines is 1. The van der Waals surface area contributed by atoms with Crippen molar-refractivity contribution < 1.29 is 4.79 Å². The Balaban J connectivity index is 2.04. The van der Waals surface area contributed by atoms with Gasteiger partial charge < -0.3 is 24.6 Å². The molecule has 2 heterocycles. The van der Waals surface area contributed by atoms with Crippen LogP contribution in [0.25, 0.3) is 0 Å². The van der Waals surface area contributed by atoms with Gasteiger partial charge in [0.25, 0.3) is 5.56 Å². The first-order chi connectivity index (χ1) is 12.4. The highest BCUT2D eigenvalue weighted by Crippen LogP contribution is 2.09. The van der Waals surface area contributed by atoms with Gasteiger partial charge in [-0.3, -0.25) is 9.59 Å². The number of nitrogens with zero attached hydrogens (tertiary/aromatic N) is 6. The predicted molar refractivity (Wildman–Crippen MR) is 103 cm³/mol. The number of amides is 1. The SMILES string of the molecule is CCCNC(=NCC(=O)N(C)C)N1CCN(c2nccn(C)c2=O)CC1. The Bertz CT molecular complexity index is 691. The molecule has 0 unspecified atom stereocenters. The van der Waals surface area contributed by atoms with E-state index in [0.717, 1.165) is 18.9 Å². The summed E-state index contributed by atoms with van der Waals surface area (Å²) in [4.78, 5) is 38.4. The van der Waals surface area contributed by atoms with Crippen LogP contribution in [-0.2, 0) is 11.8 Å². The third-order valence-corrected chi connectivity index (χ3v) is 4.27. The van der Waals surface area contributed by atoms with Crippen LogP contribution in [0.1, 0.15) is 13.3 Å². The molecule has 1 aliphatic rings. The van der Waals surface area contributed by atoms with E-state index in [1.54, 1.807) is 33.5 Å². The first-order valence-electron chi connectivity index (χ1n) is 8.94. The Morgan fingerprint density at radius 1 is 1.31 bits per heavy atom. The standard InChI is InChI=1S/C17H29N7O2/c1-5-6-19-17(20-13-14(25)21(2)3)24-11-9-23(10-12-24)15-16(26)22(4)8-7-18-15/h7-8H,5-6,9-13H2,1-4H3,(H,19,20). The summed E-state index contributed by atoms with van der Waals surface area (Å²) in [5.74, 6) is 1.20. The van der Waals surface area contributed by atoms with Crippen molar-refractivity contribution in [2.45, 2.75) is 13.3 Å². The average Bonchev–Trinajstić information content (AvgIpc) is 2.64. The molecule has 0 atom stereocenters. The third-order valence-electron chi connectivity index (χ3n) is 4.27. The van der Waals surface area contributed by atoms with Crippen LogP contribution in [0.2, 0.25) is 0 Å². The van der Waals surface area contributed by atoms with Crippen molar-refractivity contribution in [3.63, 3.8) is 0 Å². The molecule has 1 fully saturated rings. The number of likely N-dealkylation sites (N-methyl/N-ethyl adjacent to an activating group) is 1. The summed E-state index contributed by atoms with van der Waals surface area (Å²) in [6.07, 6.45) is 4.28. The van der Waals surface area contributed by atoms with Crippen molar-refractivity contribution >= 4 is 17.7 Å². The monoisotopic (exact) mass is 363 g/mol. The first-order valence-corrected chi connectivity index (χ1v) is 8.94. The van der Waals surface area contributed by atoms with Crippen molar-refractivity contribution in [3.8, 4) is 0 Å². The van der Waals surface area contributed by atoms with Crippen LogP contribution < -0.4 is 15.8 Å². The van der Waals surface area contributed by atoms with Crippen molar-refractivity contribution in [3.05, 3.63) is 22.7 Å². The van der Waals surface area contributed by atoms with E-state index in [-0.39, 0.29) is 18.0 Å². The number of hydrogen-bond donors (Lipinski definition) is 1. The van der Waals surface area contributed by atoms with Crippen LogP contribution >= 0.6 is 0 Å². The van der Waals surface area contributed by atoms with E-state index in [1.807, 2.05) is 4.90 Å². The Morgan fingerprint density at radius 3 is 2.62 bits per heavy atom. The Morgan fingerprint density at radius 2 is 2.00 bits per heavy atom. The quantitative estimate of drug-likeness (QED) is 0.553. The molecule has 144 valence electrons. The third kappa shape index (κ3) is 4.96. The van der Waals surface area contributed by atoms with Crippen molar-refractivity contribution in [2.75, 3.05) is 58.3 Å². The Kier molecular flexibility index (Phi) is 6.99. The lowest BCUT2D eigenvalue weighted by Gasteiger charge is -2.36. The predicted octanol–water partition coefficient (Wildman–Crippen LogP) is -0.654. The van der Waals surface area contributed by atoms with Gasteiger partial charge in [-0.1, -0.05) is 6.92 Å². The van der Waals surface area contributed by atoms with Crippen molar-refractivity contribution in [1.82, 2.24) is 24.7 Å². The number of carbonyl (C=O) groups excluding carboxylic acids is 1. The molecule has 0 saturated carbocycles. The number of rotatable bonds is 5. The summed E-state index contributed by atoms with van der Waals surface area (Å²) in [6.45, 7) is 5.80. The van der Waals surface area contributed by atoms with Crippen LogP contribution in [0, 0.1) is 0 Å². The second kappa shape index (κ2) is 9.21. The molecule has 1 aliphatic heterocycles. The molecular weight excluding hydrogens is 334 g/mol. The van der Waals surface area contributed by atoms with Gasteiger partial charge in [-0.2, -0.15) is 0 Å². The minimum Gasteiger partial charge on any atom is -0.356 e. The molecule has 1 N–H and O–H groups in total.